The monoisotopic (exact) mass is 296 g/mol. The Hall–Kier alpha value is -2.55. The Morgan fingerprint density at radius 2 is 2.30 bits per heavy atom. The van der Waals surface area contributed by atoms with Crippen LogP contribution in [0.2, 0.25) is 5.15 Å². The lowest BCUT2D eigenvalue weighted by atomic mass is 10.2. The maximum atomic E-state index is 12.1. The molecule has 104 valence electrons. The largest absolute Gasteiger partial charge is 0.342 e. The first-order chi connectivity index (χ1) is 9.50. The van der Waals surface area contributed by atoms with E-state index in [1.165, 1.54) is 18.6 Å². The van der Waals surface area contributed by atoms with Crippen LogP contribution in [0.3, 0.4) is 0 Å². The summed E-state index contributed by atoms with van der Waals surface area (Å²) in [6.45, 7) is 1.66. The smallest absolute Gasteiger partial charge is 0.319 e. The van der Waals surface area contributed by atoms with Crippen LogP contribution in [-0.2, 0) is 0 Å². The molecule has 1 amide bonds. The van der Waals surface area contributed by atoms with E-state index < -0.39 is 22.6 Å². The van der Waals surface area contributed by atoms with Gasteiger partial charge in [0.2, 0.25) is 5.15 Å². The molecule has 0 fully saturated rings. The number of aromatic nitrogens is 4. The molecule has 0 aliphatic heterocycles. The molecule has 0 bridgehead atoms. The van der Waals surface area contributed by atoms with Gasteiger partial charge in [0.1, 0.15) is 17.7 Å². The second-order valence-electron chi connectivity index (χ2n) is 3.82. The van der Waals surface area contributed by atoms with E-state index >= 15 is 0 Å². The molecule has 2 rings (SSSR count). The molecule has 1 atom stereocenters. The fourth-order valence-electron chi connectivity index (χ4n) is 1.55. The fraction of sp³-hybridized carbons (Fsp3) is 0.200. The average Bonchev–Trinajstić information content (AvgIpc) is 2.91. The van der Waals surface area contributed by atoms with Gasteiger partial charge in [-0.05, 0) is 13.0 Å². The van der Waals surface area contributed by atoms with E-state index in [0.29, 0.717) is 5.82 Å². The number of nitrogens with zero attached hydrogens (tertiary/aromatic N) is 4. The maximum Gasteiger partial charge on any atom is 0.319 e. The summed E-state index contributed by atoms with van der Waals surface area (Å²) in [5.41, 5.74) is -0.696. The lowest BCUT2D eigenvalue weighted by Gasteiger charge is -2.11. The predicted octanol–water partition coefficient (Wildman–Crippen LogP) is 1.25. The van der Waals surface area contributed by atoms with E-state index in [-0.39, 0.29) is 10.7 Å². The van der Waals surface area contributed by atoms with Crippen molar-refractivity contribution in [3.05, 3.63) is 45.2 Å². The molecule has 0 spiro atoms. The van der Waals surface area contributed by atoms with E-state index in [9.17, 15) is 14.9 Å². The zero-order valence-electron chi connectivity index (χ0n) is 10.2. The van der Waals surface area contributed by atoms with Crippen LogP contribution in [0.15, 0.2) is 18.6 Å². The van der Waals surface area contributed by atoms with E-state index in [0.717, 1.165) is 0 Å². The molecule has 20 heavy (non-hydrogen) atoms. The van der Waals surface area contributed by atoms with Crippen molar-refractivity contribution in [3.8, 4) is 0 Å². The van der Waals surface area contributed by atoms with E-state index in [2.05, 4.69) is 25.5 Å². The Labute approximate surface area is 117 Å². The van der Waals surface area contributed by atoms with E-state index in [4.69, 9.17) is 11.6 Å². The second kappa shape index (κ2) is 5.61. The third-order valence-electron chi connectivity index (χ3n) is 2.50. The summed E-state index contributed by atoms with van der Waals surface area (Å²) in [6.07, 6.45) is 2.52. The summed E-state index contributed by atoms with van der Waals surface area (Å²) in [6, 6.07) is 0.739. The first kappa shape index (κ1) is 13.9. The molecule has 0 radical (unpaired) electrons. The molecule has 2 aromatic heterocycles. The summed E-state index contributed by atoms with van der Waals surface area (Å²) >= 11 is 5.64. The number of halogens is 1. The van der Waals surface area contributed by atoms with Crippen LogP contribution in [0.25, 0.3) is 0 Å². The van der Waals surface area contributed by atoms with Crippen LogP contribution in [0.1, 0.15) is 29.1 Å². The van der Waals surface area contributed by atoms with Crippen molar-refractivity contribution in [1.82, 2.24) is 25.5 Å². The number of hydrogen-bond donors (Lipinski definition) is 2. The van der Waals surface area contributed by atoms with E-state index in [1.54, 1.807) is 6.92 Å². The lowest BCUT2D eigenvalue weighted by molar-refractivity contribution is -0.385. The third-order valence-corrected chi connectivity index (χ3v) is 2.77. The molecule has 0 saturated heterocycles. The number of rotatable bonds is 4. The quantitative estimate of drug-likeness (QED) is 0.496. The summed E-state index contributed by atoms with van der Waals surface area (Å²) in [5, 5.41) is 19.4. The van der Waals surface area contributed by atoms with Crippen molar-refractivity contribution in [2.24, 2.45) is 0 Å². The molecule has 0 saturated carbocycles. The number of hydrogen-bond acceptors (Lipinski definition) is 6. The Balaban J connectivity index is 2.26. The Kier molecular flexibility index (Phi) is 3.89. The lowest BCUT2D eigenvalue weighted by Crippen LogP contribution is -2.28. The van der Waals surface area contributed by atoms with Gasteiger partial charge in [-0.15, -0.1) is 0 Å². The van der Waals surface area contributed by atoms with Gasteiger partial charge < -0.3 is 5.32 Å². The molecule has 0 aliphatic carbocycles. The number of carbonyl (C=O) groups is 1. The van der Waals surface area contributed by atoms with Crippen molar-refractivity contribution < 1.29 is 9.72 Å². The van der Waals surface area contributed by atoms with Gasteiger partial charge in [-0.3, -0.25) is 20.0 Å². The van der Waals surface area contributed by atoms with Crippen molar-refractivity contribution in [1.29, 1.82) is 0 Å². The van der Waals surface area contributed by atoms with E-state index in [1.807, 2.05) is 0 Å². The highest BCUT2D eigenvalue weighted by atomic mass is 35.5. The van der Waals surface area contributed by atoms with Crippen molar-refractivity contribution in [3.63, 3.8) is 0 Å². The van der Waals surface area contributed by atoms with Gasteiger partial charge in [0.15, 0.2) is 0 Å². The van der Waals surface area contributed by atoms with Gasteiger partial charge in [0.05, 0.1) is 11.0 Å². The molecule has 10 heteroatoms. The molecule has 0 aliphatic rings. The van der Waals surface area contributed by atoms with Gasteiger partial charge in [-0.25, -0.2) is 9.97 Å². The summed E-state index contributed by atoms with van der Waals surface area (Å²) in [7, 11) is 0. The third kappa shape index (κ3) is 2.72. The molecule has 2 N–H and O–H groups in total. The van der Waals surface area contributed by atoms with Crippen LogP contribution < -0.4 is 5.32 Å². The van der Waals surface area contributed by atoms with Crippen LogP contribution in [0.5, 0.6) is 0 Å². The molecule has 2 heterocycles. The van der Waals surface area contributed by atoms with Crippen LogP contribution in [0, 0.1) is 10.1 Å². The highest BCUT2D eigenvalue weighted by Gasteiger charge is 2.26. The average molecular weight is 297 g/mol. The second-order valence-corrected chi connectivity index (χ2v) is 4.18. The summed E-state index contributed by atoms with van der Waals surface area (Å²) in [4.78, 5) is 29.7. The number of nitrogens with one attached hydrogen (secondary N) is 2. The highest BCUT2D eigenvalue weighted by Crippen LogP contribution is 2.26. The minimum atomic E-state index is -0.747. The number of H-pyrrole nitrogens is 1. The Morgan fingerprint density at radius 1 is 1.55 bits per heavy atom. The number of amides is 1. The van der Waals surface area contributed by atoms with Crippen molar-refractivity contribution in [2.75, 3.05) is 0 Å². The van der Waals surface area contributed by atoms with Crippen LogP contribution >= 0.6 is 11.6 Å². The first-order valence-electron chi connectivity index (χ1n) is 5.45. The number of aromatic amines is 1. The predicted molar refractivity (Wildman–Crippen MR) is 68.2 cm³/mol. The van der Waals surface area contributed by atoms with Gasteiger partial charge >= 0.3 is 5.69 Å². The zero-order valence-corrected chi connectivity index (χ0v) is 11.0. The summed E-state index contributed by atoms with van der Waals surface area (Å²) < 4.78 is 0. The molecule has 2 aromatic rings. The number of carbonyl (C=O) groups excluding carboxylic acids is 1. The van der Waals surface area contributed by atoms with Crippen molar-refractivity contribution >= 4 is 23.2 Å². The fourth-order valence-corrected chi connectivity index (χ4v) is 1.78. The van der Waals surface area contributed by atoms with Crippen molar-refractivity contribution in [2.45, 2.75) is 13.0 Å². The normalized spacial score (nSPS) is 11.9. The number of pyridine rings is 1. The zero-order chi connectivity index (χ0) is 14.7. The standard InChI is InChI=1S/C10H9ClN6O3/c1-5(9-13-4-14-16-9)15-10(18)6-2-3-12-8(11)7(6)17(19)20/h2-5H,1H3,(H,15,18)(H,13,14,16). The Morgan fingerprint density at radius 3 is 2.90 bits per heavy atom. The maximum absolute atomic E-state index is 12.1. The SMILES string of the molecule is CC(NC(=O)c1ccnc(Cl)c1[N+](=O)[O-])c1ncn[nH]1. The molecular weight excluding hydrogens is 288 g/mol. The molecule has 0 aromatic carbocycles. The van der Waals surface area contributed by atoms with Gasteiger partial charge in [-0.1, -0.05) is 11.6 Å². The molecular formula is C10H9ClN6O3. The summed E-state index contributed by atoms with van der Waals surface area (Å²) in [5.74, 6) is -0.217. The topological polar surface area (TPSA) is 127 Å². The van der Waals surface area contributed by atoms with Gasteiger partial charge in [-0.2, -0.15) is 5.10 Å². The molecule has 1 unspecified atom stereocenters. The first-order valence-corrected chi connectivity index (χ1v) is 5.83. The minimum Gasteiger partial charge on any atom is -0.342 e. The van der Waals surface area contributed by atoms with Crippen LogP contribution in [0.4, 0.5) is 5.69 Å². The van der Waals surface area contributed by atoms with Gasteiger partial charge in [0.25, 0.3) is 5.91 Å². The minimum absolute atomic E-state index is 0.165. The molecule has 9 nitrogen and oxygen atoms in total. The highest BCUT2D eigenvalue weighted by molar-refractivity contribution is 6.32. The number of nitro groups is 1. The Bertz CT molecular complexity index is 644. The van der Waals surface area contributed by atoms with Gasteiger partial charge in [0, 0.05) is 6.20 Å². The van der Waals surface area contributed by atoms with Crippen LogP contribution in [-0.4, -0.2) is 31.0 Å².